The van der Waals surface area contributed by atoms with E-state index in [2.05, 4.69) is 38.8 Å². The van der Waals surface area contributed by atoms with Gasteiger partial charge in [-0.3, -0.25) is 4.55 Å². The monoisotopic (exact) mass is 576 g/mol. The van der Waals surface area contributed by atoms with Crippen LogP contribution in [0.5, 0.6) is 0 Å². The summed E-state index contributed by atoms with van der Waals surface area (Å²) in [6.07, 6.45) is 2.30. The Morgan fingerprint density at radius 1 is 0.923 bits per heavy atom. The number of hydrogen-bond donors (Lipinski definition) is 6. The maximum atomic E-state index is 12.4. The van der Waals surface area contributed by atoms with Crippen LogP contribution in [0.3, 0.4) is 0 Å². The first-order valence-corrected chi connectivity index (χ1v) is 16.4. The molecule has 13 atom stereocenters. The van der Waals surface area contributed by atoms with Crippen LogP contribution in [0.1, 0.15) is 92.4 Å². The zero-order valence-corrected chi connectivity index (χ0v) is 25.1. The zero-order valence-electron chi connectivity index (χ0n) is 24.2. The molecule has 4 saturated carbocycles. The van der Waals surface area contributed by atoms with Crippen molar-refractivity contribution in [3.63, 3.8) is 0 Å². The van der Waals surface area contributed by atoms with Crippen LogP contribution in [0.4, 0.5) is 0 Å². The van der Waals surface area contributed by atoms with Gasteiger partial charge in [0.2, 0.25) is 0 Å². The van der Waals surface area contributed by atoms with Gasteiger partial charge < -0.3 is 25.5 Å². The van der Waals surface area contributed by atoms with E-state index in [0.29, 0.717) is 19.3 Å². The Bertz CT molecular complexity index is 974. The number of fused-ring (bicyclic) bond motifs is 5. The molecule has 6 N–H and O–H groups in total. The van der Waals surface area contributed by atoms with E-state index in [-0.39, 0.29) is 54.0 Å². The summed E-state index contributed by atoms with van der Waals surface area (Å²) in [5.74, 6) is -0.537. The summed E-state index contributed by atoms with van der Waals surface area (Å²) in [5, 5.41) is 57.0. The van der Waals surface area contributed by atoms with Crippen molar-refractivity contribution in [1.29, 1.82) is 0 Å². The first-order chi connectivity index (χ1) is 18.0. The summed E-state index contributed by atoms with van der Waals surface area (Å²) in [5.41, 5.74) is -2.15. The first kappa shape index (κ1) is 31.6. The molecule has 0 saturated heterocycles. The average molecular weight is 577 g/mol. The van der Waals surface area contributed by atoms with Crippen LogP contribution in [-0.2, 0) is 14.6 Å². The molecule has 0 aromatic rings. The van der Waals surface area contributed by atoms with Crippen LogP contribution in [0.2, 0.25) is 0 Å². The molecule has 9 nitrogen and oxygen atoms in total. The van der Waals surface area contributed by atoms with Crippen molar-refractivity contribution in [3.8, 4) is 0 Å². The summed E-state index contributed by atoms with van der Waals surface area (Å²) in [4.78, 5) is 0. The summed E-state index contributed by atoms with van der Waals surface area (Å²) < 4.78 is 35.3. The fourth-order valence-electron chi connectivity index (χ4n) is 10.3. The molecule has 4 aliphatic carbocycles. The second kappa shape index (κ2) is 11.1. The SMILES string of the molecule is CC(C)C(CCOS(=O)(=O)O)CCC(C)C1C(O)C(O)C2C1(C)CCC1C3(C)CCC(O)CC3C(O)CC12O. The maximum absolute atomic E-state index is 12.4. The largest absolute Gasteiger partial charge is 0.397 e. The molecular weight excluding hydrogens is 524 g/mol. The van der Waals surface area contributed by atoms with Crippen LogP contribution in [0.25, 0.3) is 0 Å². The third-order valence-electron chi connectivity index (χ3n) is 12.1. The predicted octanol–water partition coefficient (Wildman–Crippen LogP) is 2.93. The van der Waals surface area contributed by atoms with Gasteiger partial charge in [-0.15, -0.1) is 0 Å². The van der Waals surface area contributed by atoms with Gasteiger partial charge in [0.25, 0.3) is 0 Å². The Labute approximate surface area is 234 Å². The third-order valence-corrected chi connectivity index (χ3v) is 12.6. The summed E-state index contributed by atoms with van der Waals surface area (Å²) in [7, 11) is -4.47. The van der Waals surface area contributed by atoms with Gasteiger partial charge in [-0.05, 0) is 91.3 Å². The summed E-state index contributed by atoms with van der Waals surface area (Å²) in [6.45, 7) is 10.4. The van der Waals surface area contributed by atoms with Crippen molar-refractivity contribution in [2.45, 2.75) is 122 Å². The Balaban J connectivity index is 1.53. The molecule has 10 heteroatoms. The minimum Gasteiger partial charge on any atom is -0.393 e. The molecule has 0 aromatic carbocycles. The lowest BCUT2D eigenvalue weighted by atomic mass is 9.42. The lowest BCUT2D eigenvalue weighted by Gasteiger charge is -2.65. The van der Waals surface area contributed by atoms with Gasteiger partial charge in [0.05, 0.1) is 36.6 Å². The molecule has 0 bridgehead atoms. The second-order valence-electron chi connectivity index (χ2n) is 14.5. The maximum Gasteiger partial charge on any atom is 0.397 e. The van der Waals surface area contributed by atoms with E-state index in [9.17, 15) is 34.0 Å². The lowest BCUT2D eigenvalue weighted by molar-refractivity contribution is -0.264. The molecule has 228 valence electrons. The molecule has 0 amide bonds. The van der Waals surface area contributed by atoms with Crippen LogP contribution in [-0.4, -0.2) is 75.1 Å². The van der Waals surface area contributed by atoms with E-state index in [1.165, 1.54) is 0 Å². The van der Waals surface area contributed by atoms with E-state index in [0.717, 1.165) is 32.1 Å². The van der Waals surface area contributed by atoms with E-state index in [1.807, 2.05) is 0 Å². The zero-order chi connectivity index (χ0) is 29.1. The van der Waals surface area contributed by atoms with Crippen LogP contribution in [0, 0.1) is 52.3 Å². The van der Waals surface area contributed by atoms with Crippen molar-refractivity contribution in [3.05, 3.63) is 0 Å². The Morgan fingerprint density at radius 3 is 2.18 bits per heavy atom. The normalized spacial score (nSPS) is 47.8. The Hall–Kier alpha value is -0.330. The molecule has 0 spiro atoms. The highest BCUT2D eigenvalue weighted by molar-refractivity contribution is 7.80. The van der Waals surface area contributed by atoms with Gasteiger partial charge in [0.15, 0.2) is 0 Å². The average Bonchev–Trinajstić information content (AvgIpc) is 3.01. The minimum absolute atomic E-state index is 0.0372. The minimum atomic E-state index is -4.47. The molecule has 4 rings (SSSR count). The first-order valence-electron chi connectivity index (χ1n) is 15.0. The predicted molar refractivity (Wildman–Crippen MR) is 146 cm³/mol. The topological polar surface area (TPSA) is 165 Å². The second-order valence-corrected chi connectivity index (χ2v) is 15.6. The van der Waals surface area contributed by atoms with E-state index in [1.54, 1.807) is 0 Å². The van der Waals surface area contributed by atoms with E-state index < -0.39 is 51.7 Å². The van der Waals surface area contributed by atoms with Crippen LogP contribution >= 0.6 is 0 Å². The van der Waals surface area contributed by atoms with Gasteiger partial charge in [0.1, 0.15) is 0 Å². The lowest BCUT2D eigenvalue weighted by Crippen LogP contribution is -2.68. The summed E-state index contributed by atoms with van der Waals surface area (Å²) >= 11 is 0. The number of hydrogen-bond acceptors (Lipinski definition) is 8. The molecule has 39 heavy (non-hydrogen) atoms. The fourth-order valence-corrected chi connectivity index (χ4v) is 10.6. The molecule has 0 aromatic heterocycles. The Kier molecular flexibility index (Phi) is 8.96. The quantitative estimate of drug-likeness (QED) is 0.226. The van der Waals surface area contributed by atoms with Crippen LogP contribution in [0.15, 0.2) is 0 Å². The van der Waals surface area contributed by atoms with Crippen molar-refractivity contribution in [2.75, 3.05) is 6.61 Å². The van der Waals surface area contributed by atoms with E-state index in [4.69, 9.17) is 4.55 Å². The van der Waals surface area contributed by atoms with Gasteiger partial charge in [-0.25, -0.2) is 4.18 Å². The van der Waals surface area contributed by atoms with Gasteiger partial charge in [0, 0.05) is 12.3 Å². The molecule has 0 aliphatic heterocycles. The summed E-state index contributed by atoms with van der Waals surface area (Å²) in [6, 6.07) is 0. The highest BCUT2D eigenvalue weighted by Gasteiger charge is 2.72. The van der Waals surface area contributed by atoms with Crippen molar-refractivity contribution in [1.82, 2.24) is 0 Å². The van der Waals surface area contributed by atoms with Gasteiger partial charge >= 0.3 is 10.4 Å². The van der Waals surface area contributed by atoms with Gasteiger partial charge in [-0.2, -0.15) is 8.42 Å². The van der Waals surface area contributed by atoms with Crippen molar-refractivity contribution in [2.24, 2.45) is 52.3 Å². The number of aliphatic hydroxyl groups is 5. The molecule has 13 unspecified atom stereocenters. The third kappa shape index (κ3) is 5.58. The van der Waals surface area contributed by atoms with Crippen LogP contribution < -0.4 is 0 Å². The van der Waals surface area contributed by atoms with Crippen molar-refractivity contribution >= 4 is 10.4 Å². The molecule has 4 fully saturated rings. The highest BCUT2D eigenvalue weighted by Crippen LogP contribution is 2.69. The Morgan fingerprint density at radius 2 is 1.56 bits per heavy atom. The standard InChI is InChI=1S/C29H52O9S/c1-16(2)18(10-13-38-39(35,36)37)7-6-17(3)23-24(32)25(33)26-28(23,5)12-9-22-27(4)11-8-19(30)14-20(27)21(31)15-29(22,26)34/h16-26,30-34H,6-15H2,1-5H3,(H,35,36,37). The number of aliphatic hydroxyl groups excluding tert-OH is 4. The van der Waals surface area contributed by atoms with E-state index >= 15 is 0 Å². The fraction of sp³-hybridized carbons (Fsp3) is 1.00. The van der Waals surface area contributed by atoms with Gasteiger partial charge in [-0.1, -0.05) is 41.0 Å². The number of rotatable bonds is 9. The highest BCUT2D eigenvalue weighted by atomic mass is 32.3. The molecule has 0 heterocycles. The van der Waals surface area contributed by atoms with Crippen molar-refractivity contribution < 1.29 is 42.7 Å². The molecular formula is C29H52O9S. The molecule has 4 aliphatic rings. The molecule has 0 radical (unpaired) electrons. The smallest absolute Gasteiger partial charge is 0.393 e.